The molecule has 0 heterocycles. The predicted molar refractivity (Wildman–Crippen MR) is 50.8 cm³/mol. The first-order valence-electron chi connectivity index (χ1n) is 5.30. The van der Waals surface area contributed by atoms with E-state index >= 15 is 0 Å². The van der Waals surface area contributed by atoms with Gasteiger partial charge in [0.2, 0.25) is 0 Å². The van der Waals surface area contributed by atoms with Crippen molar-refractivity contribution >= 4 is 11.6 Å². The molecule has 0 radical (unpaired) electrons. The second-order valence-electron chi connectivity index (χ2n) is 4.75. The van der Waals surface area contributed by atoms with Crippen LogP contribution < -0.4 is 0 Å². The molecule has 2 aliphatic carbocycles. The number of Topliss-reactive ketones (excluding diaryl/α,β-unsaturated/α-hetero) is 2. The standard InChI is InChI=1S/C11H16O3/c1-10-6-2-5-9(13)11(10,14)7-3-4-8(10)12/h14H,2-7H2,1H3/t10-,11+/m0/s1. The van der Waals surface area contributed by atoms with E-state index in [-0.39, 0.29) is 11.6 Å². The van der Waals surface area contributed by atoms with Gasteiger partial charge < -0.3 is 5.11 Å². The van der Waals surface area contributed by atoms with E-state index in [1.54, 1.807) is 6.92 Å². The van der Waals surface area contributed by atoms with Crippen LogP contribution in [0.15, 0.2) is 0 Å². The zero-order chi connectivity index (χ0) is 10.4. The van der Waals surface area contributed by atoms with E-state index in [0.29, 0.717) is 32.1 Å². The summed E-state index contributed by atoms with van der Waals surface area (Å²) in [6.45, 7) is 1.76. The fourth-order valence-corrected chi connectivity index (χ4v) is 2.89. The van der Waals surface area contributed by atoms with Crippen LogP contribution >= 0.6 is 0 Å². The van der Waals surface area contributed by atoms with Crippen LogP contribution in [0.3, 0.4) is 0 Å². The molecule has 2 rings (SSSR count). The molecule has 0 spiro atoms. The molecule has 0 unspecified atom stereocenters. The summed E-state index contributed by atoms with van der Waals surface area (Å²) in [4.78, 5) is 23.5. The molecule has 78 valence electrons. The summed E-state index contributed by atoms with van der Waals surface area (Å²) in [5, 5.41) is 10.3. The zero-order valence-corrected chi connectivity index (χ0v) is 8.51. The van der Waals surface area contributed by atoms with Crippen molar-refractivity contribution in [3.05, 3.63) is 0 Å². The van der Waals surface area contributed by atoms with Gasteiger partial charge in [-0.05, 0) is 32.6 Å². The highest BCUT2D eigenvalue weighted by Crippen LogP contribution is 2.49. The molecule has 0 bridgehead atoms. The number of ketones is 2. The topological polar surface area (TPSA) is 54.4 Å². The van der Waals surface area contributed by atoms with E-state index in [9.17, 15) is 14.7 Å². The van der Waals surface area contributed by atoms with Gasteiger partial charge in [0.05, 0.1) is 5.41 Å². The summed E-state index contributed by atoms with van der Waals surface area (Å²) in [7, 11) is 0. The Kier molecular flexibility index (Phi) is 2.03. The van der Waals surface area contributed by atoms with Gasteiger partial charge in [-0.2, -0.15) is 0 Å². The van der Waals surface area contributed by atoms with Crippen LogP contribution in [0.2, 0.25) is 0 Å². The Morgan fingerprint density at radius 1 is 1.07 bits per heavy atom. The number of carbonyl (C=O) groups excluding carboxylic acids is 2. The van der Waals surface area contributed by atoms with Crippen molar-refractivity contribution < 1.29 is 14.7 Å². The molecule has 3 nitrogen and oxygen atoms in total. The van der Waals surface area contributed by atoms with Crippen LogP contribution in [-0.4, -0.2) is 22.3 Å². The van der Waals surface area contributed by atoms with Crippen LogP contribution in [0.4, 0.5) is 0 Å². The quantitative estimate of drug-likeness (QED) is 0.634. The van der Waals surface area contributed by atoms with Gasteiger partial charge in [-0.3, -0.25) is 9.59 Å². The maximum Gasteiger partial charge on any atom is 0.165 e. The van der Waals surface area contributed by atoms with Crippen LogP contribution in [0.1, 0.15) is 45.4 Å². The average molecular weight is 196 g/mol. The zero-order valence-electron chi connectivity index (χ0n) is 8.51. The molecular formula is C11H16O3. The molecule has 2 saturated carbocycles. The van der Waals surface area contributed by atoms with Crippen LogP contribution in [0, 0.1) is 5.41 Å². The number of hydrogen-bond donors (Lipinski definition) is 1. The minimum Gasteiger partial charge on any atom is -0.381 e. The third kappa shape index (κ3) is 1.02. The predicted octanol–water partition coefficient (Wildman–Crippen LogP) is 1.23. The molecule has 0 saturated heterocycles. The summed E-state index contributed by atoms with van der Waals surface area (Å²) in [6.07, 6.45) is 3.47. The van der Waals surface area contributed by atoms with E-state index in [2.05, 4.69) is 0 Å². The third-order valence-corrected chi connectivity index (χ3v) is 4.01. The molecule has 0 aromatic rings. The van der Waals surface area contributed by atoms with E-state index in [1.807, 2.05) is 0 Å². The van der Waals surface area contributed by atoms with Crippen molar-refractivity contribution in [1.29, 1.82) is 0 Å². The molecule has 14 heavy (non-hydrogen) atoms. The van der Waals surface area contributed by atoms with E-state index in [0.717, 1.165) is 6.42 Å². The van der Waals surface area contributed by atoms with Crippen LogP contribution in [0.5, 0.6) is 0 Å². The minimum atomic E-state index is -1.35. The van der Waals surface area contributed by atoms with Gasteiger partial charge in [-0.25, -0.2) is 0 Å². The van der Waals surface area contributed by atoms with Gasteiger partial charge in [0, 0.05) is 12.8 Å². The fraction of sp³-hybridized carbons (Fsp3) is 0.818. The smallest absolute Gasteiger partial charge is 0.165 e. The van der Waals surface area contributed by atoms with Crippen molar-refractivity contribution in [3.8, 4) is 0 Å². The fourth-order valence-electron chi connectivity index (χ4n) is 2.89. The molecule has 0 amide bonds. The van der Waals surface area contributed by atoms with E-state index in [4.69, 9.17) is 0 Å². The molecule has 0 aromatic carbocycles. The van der Waals surface area contributed by atoms with Crippen LogP contribution in [0.25, 0.3) is 0 Å². The maximum absolute atomic E-state index is 11.8. The lowest BCUT2D eigenvalue weighted by atomic mass is 9.56. The van der Waals surface area contributed by atoms with Crippen molar-refractivity contribution in [1.82, 2.24) is 0 Å². The summed E-state index contributed by atoms with van der Waals surface area (Å²) >= 11 is 0. The summed E-state index contributed by atoms with van der Waals surface area (Å²) in [6, 6.07) is 0. The molecule has 1 N–H and O–H groups in total. The number of rotatable bonds is 0. The molecule has 2 aliphatic rings. The van der Waals surface area contributed by atoms with Gasteiger partial charge >= 0.3 is 0 Å². The Balaban J connectivity index is 2.43. The van der Waals surface area contributed by atoms with Crippen LogP contribution in [-0.2, 0) is 9.59 Å². The Labute approximate surface area is 83.5 Å². The number of fused-ring (bicyclic) bond motifs is 1. The highest BCUT2D eigenvalue weighted by atomic mass is 16.3. The van der Waals surface area contributed by atoms with Gasteiger partial charge in [0.1, 0.15) is 11.4 Å². The van der Waals surface area contributed by atoms with E-state index in [1.165, 1.54) is 0 Å². The van der Waals surface area contributed by atoms with Gasteiger partial charge in [-0.1, -0.05) is 0 Å². The Bertz CT molecular complexity index is 267. The van der Waals surface area contributed by atoms with Crippen molar-refractivity contribution in [2.45, 2.75) is 51.0 Å². The lowest BCUT2D eigenvalue weighted by molar-refractivity contribution is -0.175. The van der Waals surface area contributed by atoms with Gasteiger partial charge in [0.15, 0.2) is 5.78 Å². The second kappa shape index (κ2) is 2.89. The second-order valence-corrected chi connectivity index (χ2v) is 4.75. The van der Waals surface area contributed by atoms with Gasteiger partial charge in [-0.15, -0.1) is 0 Å². The summed E-state index contributed by atoms with van der Waals surface area (Å²) < 4.78 is 0. The Hall–Kier alpha value is -0.700. The Morgan fingerprint density at radius 3 is 2.29 bits per heavy atom. The van der Waals surface area contributed by atoms with Gasteiger partial charge in [0.25, 0.3) is 0 Å². The lowest BCUT2D eigenvalue weighted by Crippen LogP contribution is -2.61. The minimum absolute atomic E-state index is 0.0688. The first-order valence-corrected chi connectivity index (χ1v) is 5.30. The normalized spacial score (nSPS) is 43.6. The maximum atomic E-state index is 11.8. The monoisotopic (exact) mass is 196 g/mol. The van der Waals surface area contributed by atoms with E-state index < -0.39 is 11.0 Å². The van der Waals surface area contributed by atoms with Crippen molar-refractivity contribution in [2.24, 2.45) is 5.41 Å². The molecule has 2 fully saturated rings. The molecule has 3 heteroatoms. The SMILES string of the molecule is C[C@@]12CCCC(=O)[C@]1(O)CCCC2=O. The van der Waals surface area contributed by atoms with Crippen molar-refractivity contribution in [3.63, 3.8) is 0 Å². The number of hydrogen-bond acceptors (Lipinski definition) is 3. The summed E-state index contributed by atoms with van der Waals surface area (Å²) in [5.41, 5.74) is -2.14. The average Bonchev–Trinajstić information content (AvgIpc) is 2.13. The number of carbonyl (C=O) groups is 2. The lowest BCUT2D eigenvalue weighted by Gasteiger charge is -2.48. The third-order valence-electron chi connectivity index (χ3n) is 4.01. The molecular weight excluding hydrogens is 180 g/mol. The summed E-state index contributed by atoms with van der Waals surface area (Å²) in [5.74, 6) is -0.0569. The first kappa shape index (κ1) is 9.84. The first-order chi connectivity index (χ1) is 6.51. The highest BCUT2D eigenvalue weighted by Gasteiger charge is 2.59. The number of aliphatic hydroxyl groups is 1. The Morgan fingerprint density at radius 2 is 1.64 bits per heavy atom. The molecule has 0 aliphatic heterocycles. The largest absolute Gasteiger partial charge is 0.381 e. The molecule has 2 atom stereocenters. The molecule has 0 aromatic heterocycles. The van der Waals surface area contributed by atoms with Crippen molar-refractivity contribution in [2.75, 3.05) is 0 Å². The highest BCUT2D eigenvalue weighted by molar-refractivity contribution is 5.99.